The van der Waals surface area contributed by atoms with Crippen LogP contribution in [0.2, 0.25) is 0 Å². The number of nitrogens with one attached hydrogen (secondary N) is 1. The van der Waals surface area contributed by atoms with Gasteiger partial charge in [-0.25, -0.2) is 9.48 Å². The minimum Gasteiger partial charge on any atom is -0.311 e. The Morgan fingerprint density at radius 2 is 2.06 bits per heavy atom. The first-order valence-electron chi connectivity index (χ1n) is 9.80. The predicted octanol–water partition coefficient (Wildman–Crippen LogP) is 1.20. The van der Waals surface area contributed by atoms with E-state index in [1.165, 1.54) is 33.5 Å². The van der Waals surface area contributed by atoms with Crippen molar-refractivity contribution >= 4 is 19.3 Å². The van der Waals surface area contributed by atoms with Crippen molar-refractivity contribution in [2.45, 2.75) is 45.7 Å². The van der Waals surface area contributed by atoms with Crippen molar-refractivity contribution in [2.75, 3.05) is 25.6 Å². The average Bonchev–Trinajstić information content (AvgIpc) is 3.31. The summed E-state index contributed by atoms with van der Waals surface area (Å²) in [7, 11) is -1.73. The maximum Gasteiger partial charge on any atom is 0.350 e. The van der Waals surface area contributed by atoms with Crippen LogP contribution >= 0.6 is 7.60 Å². The summed E-state index contributed by atoms with van der Waals surface area (Å²) in [5, 5.41) is 12.1. The summed E-state index contributed by atoms with van der Waals surface area (Å²) >= 11 is 0. The van der Waals surface area contributed by atoms with E-state index in [0.29, 0.717) is 12.1 Å². The zero-order chi connectivity index (χ0) is 22.6. The molecule has 0 bridgehead atoms. The normalized spacial score (nSPS) is 19.6. The van der Waals surface area contributed by atoms with Gasteiger partial charge in [0.1, 0.15) is 17.3 Å². The lowest BCUT2D eigenvalue weighted by atomic mass is 10.4. The number of carbonyl (C=O) groups excluding carboxylic acids is 1. The lowest BCUT2D eigenvalue weighted by Crippen LogP contribution is -2.25. The summed E-state index contributed by atoms with van der Waals surface area (Å²) < 4.78 is 26.8. The Balaban J connectivity index is 1.71. The van der Waals surface area contributed by atoms with Gasteiger partial charge in [0.25, 0.3) is 0 Å². The molecule has 0 spiro atoms. The Morgan fingerprint density at radius 3 is 2.68 bits per heavy atom. The minimum atomic E-state index is -3.39. The first-order chi connectivity index (χ1) is 14.8. The van der Waals surface area contributed by atoms with E-state index in [9.17, 15) is 14.2 Å². The average molecular weight is 455 g/mol. The molecule has 2 aromatic heterocycles. The monoisotopic (exact) mass is 455 g/mol. The molecule has 1 fully saturated rings. The Hall–Kier alpha value is -2.44. The third kappa shape index (κ3) is 5.43. The van der Waals surface area contributed by atoms with Crippen LogP contribution in [0, 0.1) is 0 Å². The predicted molar refractivity (Wildman–Crippen MR) is 109 cm³/mol. The van der Waals surface area contributed by atoms with Crippen molar-refractivity contribution in [1.82, 2.24) is 29.6 Å². The summed E-state index contributed by atoms with van der Waals surface area (Å²) in [6.45, 7) is 5.48. The summed E-state index contributed by atoms with van der Waals surface area (Å²) in [6.07, 6.45) is 2.92. The Bertz CT molecular complexity index is 1010. The second kappa shape index (κ2) is 9.79. The van der Waals surface area contributed by atoms with Crippen molar-refractivity contribution in [1.29, 1.82) is 0 Å². The Labute approximate surface area is 178 Å². The molecule has 0 aliphatic carbocycles. The summed E-state index contributed by atoms with van der Waals surface area (Å²) in [6, 6.07) is 1.52. The van der Waals surface area contributed by atoms with E-state index in [1.54, 1.807) is 27.1 Å². The highest BCUT2D eigenvalue weighted by molar-refractivity contribution is 7.54. The summed E-state index contributed by atoms with van der Waals surface area (Å²) in [5.74, 6) is -0.720. The topological polar surface area (TPSA) is 143 Å². The lowest BCUT2D eigenvalue weighted by Gasteiger charge is -2.25. The molecule has 170 valence electrons. The number of carbonyl (C=O) groups is 1. The fourth-order valence-corrected chi connectivity index (χ4v) is 5.22. The summed E-state index contributed by atoms with van der Waals surface area (Å²) in [4.78, 5) is 32.8. The Kier molecular flexibility index (Phi) is 7.34. The van der Waals surface area contributed by atoms with Gasteiger partial charge in [-0.05, 0) is 19.9 Å². The molecule has 1 aliphatic rings. The minimum absolute atomic E-state index is 0.133. The molecule has 1 aliphatic heterocycles. The van der Waals surface area contributed by atoms with Crippen LogP contribution < -0.4 is 11.0 Å². The molecule has 0 radical (unpaired) electrons. The van der Waals surface area contributed by atoms with E-state index in [2.05, 4.69) is 20.6 Å². The first kappa shape index (κ1) is 23.2. The van der Waals surface area contributed by atoms with Crippen LogP contribution in [-0.4, -0.2) is 61.6 Å². The van der Waals surface area contributed by atoms with Gasteiger partial charge >= 0.3 is 13.3 Å². The molecule has 1 amide bonds. The molecule has 0 aromatic carbocycles. The van der Waals surface area contributed by atoms with Gasteiger partial charge in [0.2, 0.25) is 5.91 Å². The van der Waals surface area contributed by atoms with Crippen molar-refractivity contribution in [3.63, 3.8) is 0 Å². The standard InChI is InChI=1S/C17H26N7O6P/c1-5-28-31(27,29-6-2)16-9-15(30-22(16)4)24-11-13(20-21-24)10-23-8-7-14(18-12(3)25)19-17(23)26/h7-8,11,15-16H,5-6,9-10H2,1-4H3,(H,18,19,25,26)/t15-,16+/m0/s1. The van der Waals surface area contributed by atoms with Gasteiger partial charge in [-0.2, -0.15) is 10.0 Å². The van der Waals surface area contributed by atoms with Gasteiger partial charge in [-0.15, -0.1) is 5.10 Å². The van der Waals surface area contributed by atoms with Crippen LogP contribution in [0.3, 0.4) is 0 Å². The number of hydrogen-bond acceptors (Lipinski definition) is 10. The fourth-order valence-electron chi connectivity index (χ4n) is 3.19. The van der Waals surface area contributed by atoms with Crippen LogP contribution in [0.5, 0.6) is 0 Å². The number of rotatable bonds is 9. The second-order valence-corrected chi connectivity index (χ2v) is 8.98. The summed E-state index contributed by atoms with van der Waals surface area (Å²) in [5.41, 5.74) is -0.0317. The number of aromatic nitrogens is 5. The molecular weight excluding hydrogens is 429 g/mol. The van der Waals surface area contributed by atoms with Crippen molar-refractivity contribution in [3.05, 3.63) is 34.6 Å². The molecular formula is C17H26N7O6P. The highest BCUT2D eigenvalue weighted by atomic mass is 31.2. The highest BCUT2D eigenvalue weighted by Gasteiger charge is 2.46. The largest absolute Gasteiger partial charge is 0.350 e. The molecule has 1 N–H and O–H groups in total. The van der Waals surface area contributed by atoms with Crippen LogP contribution in [0.1, 0.15) is 39.1 Å². The number of nitrogens with zero attached hydrogens (tertiary/aromatic N) is 6. The van der Waals surface area contributed by atoms with Gasteiger partial charge < -0.3 is 14.4 Å². The van der Waals surface area contributed by atoms with Crippen LogP contribution in [-0.2, 0) is 29.8 Å². The van der Waals surface area contributed by atoms with E-state index in [1.807, 2.05) is 0 Å². The first-order valence-corrected chi connectivity index (χ1v) is 11.4. The highest BCUT2D eigenvalue weighted by Crippen LogP contribution is 2.58. The quantitative estimate of drug-likeness (QED) is 0.548. The maximum absolute atomic E-state index is 13.1. The number of hydrogen-bond donors (Lipinski definition) is 1. The van der Waals surface area contributed by atoms with Gasteiger partial charge in [0, 0.05) is 26.6 Å². The molecule has 2 atom stereocenters. The molecule has 14 heteroatoms. The van der Waals surface area contributed by atoms with Gasteiger partial charge in [0.15, 0.2) is 6.23 Å². The van der Waals surface area contributed by atoms with Gasteiger partial charge in [0.05, 0.1) is 26.0 Å². The van der Waals surface area contributed by atoms with Crippen molar-refractivity contribution in [2.24, 2.45) is 0 Å². The van der Waals surface area contributed by atoms with E-state index in [4.69, 9.17) is 13.9 Å². The molecule has 31 heavy (non-hydrogen) atoms. The van der Waals surface area contributed by atoms with E-state index in [0.717, 1.165) is 0 Å². The molecule has 0 unspecified atom stereocenters. The van der Waals surface area contributed by atoms with Crippen molar-refractivity contribution < 1.29 is 23.2 Å². The zero-order valence-electron chi connectivity index (χ0n) is 17.8. The molecule has 0 saturated carbocycles. The third-order valence-corrected chi connectivity index (χ3v) is 6.97. The van der Waals surface area contributed by atoms with E-state index < -0.39 is 25.3 Å². The van der Waals surface area contributed by atoms with Crippen LogP contribution in [0.4, 0.5) is 5.82 Å². The molecule has 3 heterocycles. The fraction of sp³-hybridized carbons (Fsp3) is 0.588. The van der Waals surface area contributed by atoms with Crippen LogP contribution in [0.25, 0.3) is 0 Å². The van der Waals surface area contributed by atoms with Crippen molar-refractivity contribution in [3.8, 4) is 0 Å². The van der Waals surface area contributed by atoms with E-state index in [-0.39, 0.29) is 31.5 Å². The SMILES string of the molecule is CCOP(=O)(OCC)[C@@H]1C[C@@H](n2cc(Cn3ccc(NC(C)=O)nc3=O)nn2)ON1C. The smallest absolute Gasteiger partial charge is 0.311 e. The van der Waals surface area contributed by atoms with E-state index >= 15 is 0 Å². The Morgan fingerprint density at radius 1 is 1.35 bits per heavy atom. The maximum atomic E-state index is 13.1. The number of amides is 1. The second-order valence-electron chi connectivity index (χ2n) is 6.79. The van der Waals surface area contributed by atoms with Gasteiger partial charge in [-0.1, -0.05) is 5.21 Å². The number of hydroxylamine groups is 2. The molecule has 1 saturated heterocycles. The molecule has 3 rings (SSSR count). The molecule has 2 aromatic rings. The third-order valence-electron chi connectivity index (χ3n) is 4.47. The molecule has 13 nitrogen and oxygen atoms in total. The lowest BCUT2D eigenvalue weighted by molar-refractivity contribution is -0.162. The van der Waals surface area contributed by atoms with Crippen LogP contribution in [0.15, 0.2) is 23.3 Å². The zero-order valence-corrected chi connectivity index (χ0v) is 18.7. The number of anilines is 1. The van der Waals surface area contributed by atoms with Gasteiger partial charge in [-0.3, -0.25) is 18.8 Å².